The second-order valence-corrected chi connectivity index (χ2v) is 5.30. The Bertz CT molecular complexity index is 472. The molecule has 0 aliphatic carbocycles. The third-order valence-electron chi connectivity index (χ3n) is 3.78. The quantitative estimate of drug-likeness (QED) is 0.881. The van der Waals surface area contributed by atoms with E-state index in [1.165, 1.54) is 6.07 Å². The van der Waals surface area contributed by atoms with Crippen molar-refractivity contribution in [1.29, 1.82) is 0 Å². The number of rotatable bonds is 4. The molecule has 0 bridgehead atoms. The third kappa shape index (κ3) is 3.55. The number of hydrogen-bond donors (Lipinski definition) is 2. The van der Waals surface area contributed by atoms with Gasteiger partial charge in [0.15, 0.2) is 0 Å². The van der Waals surface area contributed by atoms with Gasteiger partial charge in [-0.3, -0.25) is 4.79 Å². The second kappa shape index (κ2) is 6.33. The first-order valence-electron chi connectivity index (χ1n) is 6.84. The highest BCUT2D eigenvalue weighted by atomic mass is 19.1. The number of carbonyl (C=O) groups excluding carboxylic acids is 1. The Kier molecular flexibility index (Phi) is 4.73. The Labute approximate surface area is 117 Å². The van der Waals surface area contributed by atoms with Crippen molar-refractivity contribution in [2.75, 3.05) is 19.8 Å². The molecular formula is C15H20FNO3. The van der Waals surface area contributed by atoms with Crippen LogP contribution in [0.2, 0.25) is 0 Å². The molecule has 0 saturated carbocycles. The van der Waals surface area contributed by atoms with Gasteiger partial charge in [-0.25, -0.2) is 4.39 Å². The van der Waals surface area contributed by atoms with Crippen LogP contribution >= 0.6 is 0 Å². The topological polar surface area (TPSA) is 58.6 Å². The van der Waals surface area contributed by atoms with Crippen molar-refractivity contribution in [1.82, 2.24) is 5.32 Å². The molecule has 110 valence electrons. The summed E-state index contributed by atoms with van der Waals surface area (Å²) in [5.41, 5.74) is -0.549. The van der Waals surface area contributed by atoms with Crippen LogP contribution in [-0.2, 0) is 9.53 Å². The summed E-state index contributed by atoms with van der Waals surface area (Å²) in [6.07, 6.45) is 1.00. The highest BCUT2D eigenvalue weighted by molar-refractivity contribution is 5.83. The first-order valence-corrected chi connectivity index (χ1v) is 6.84. The van der Waals surface area contributed by atoms with Gasteiger partial charge in [0.25, 0.3) is 0 Å². The lowest BCUT2D eigenvalue weighted by atomic mass is 9.93. The molecule has 5 heteroatoms. The zero-order valence-electron chi connectivity index (χ0n) is 11.6. The monoisotopic (exact) mass is 281 g/mol. The number of benzene rings is 1. The van der Waals surface area contributed by atoms with E-state index in [-0.39, 0.29) is 18.3 Å². The summed E-state index contributed by atoms with van der Waals surface area (Å²) >= 11 is 0. The van der Waals surface area contributed by atoms with Crippen LogP contribution in [0.15, 0.2) is 24.3 Å². The molecule has 0 spiro atoms. The lowest BCUT2D eigenvalue weighted by molar-refractivity contribution is -0.125. The van der Waals surface area contributed by atoms with Crippen LogP contribution in [0.3, 0.4) is 0 Å². The molecule has 1 aromatic carbocycles. The van der Waals surface area contributed by atoms with Gasteiger partial charge in [0, 0.05) is 32.6 Å². The van der Waals surface area contributed by atoms with Gasteiger partial charge < -0.3 is 15.2 Å². The van der Waals surface area contributed by atoms with E-state index in [1.54, 1.807) is 25.1 Å². The van der Waals surface area contributed by atoms with Crippen LogP contribution in [0, 0.1) is 5.82 Å². The molecule has 2 rings (SSSR count). The zero-order chi connectivity index (χ0) is 14.6. The summed E-state index contributed by atoms with van der Waals surface area (Å²) in [4.78, 5) is 12.1. The van der Waals surface area contributed by atoms with Gasteiger partial charge in [-0.2, -0.15) is 0 Å². The molecule has 0 radical (unpaired) electrons. The molecule has 2 N–H and O–H groups in total. The van der Waals surface area contributed by atoms with E-state index >= 15 is 0 Å². The van der Waals surface area contributed by atoms with Crippen molar-refractivity contribution in [3.63, 3.8) is 0 Å². The number of hydrogen-bond acceptors (Lipinski definition) is 3. The average molecular weight is 281 g/mol. The van der Waals surface area contributed by atoms with E-state index in [2.05, 4.69) is 5.32 Å². The van der Waals surface area contributed by atoms with Crippen molar-refractivity contribution in [3.8, 4) is 0 Å². The predicted molar refractivity (Wildman–Crippen MR) is 72.8 cm³/mol. The highest BCUT2D eigenvalue weighted by Crippen LogP contribution is 2.21. The third-order valence-corrected chi connectivity index (χ3v) is 3.78. The first-order chi connectivity index (χ1) is 9.52. The Balaban J connectivity index is 1.93. The van der Waals surface area contributed by atoms with E-state index in [0.29, 0.717) is 31.6 Å². The fourth-order valence-electron chi connectivity index (χ4n) is 2.30. The number of nitrogens with one attached hydrogen (secondary N) is 1. The fourth-order valence-corrected chi connectivity index (χ4v) is 2.30. The minimum atomic E-state index is -0.914. The fraction of sp³-hybridized carbons (Fsp3) is 0.533. The van der Waals surface area contributed by atoms with Gasteiger partial charge in [0.2, 0.25) is 5.91 Å². The Morgan fingerprint density at radius 3 is 2.75 bits per heavy atom. The lowest BCUT2D eigenvalue weighted by Crippen LogP contribution is -2.47. The summed E-state index contributed by atoms with van der Waals surface area (Å²) in [5, 5.41) is 13.0. The number of carbonyl (C=O) groups is 1. The van der Waals surface area contributed by atoms with E-state index < -0.39 is 11.5 Å². The van der Waals surface area contributed by atoms with Crippen molar-refractivity contribution >= 4 is 5.91 Å². The van der Waals surface area contributed by atoms with Gasteiger partial charge in [-0.1, -0.05) is 18.2 Å². The maximum Gasteiger partial charge on any atom is 0.227 e. The summed E-state index contributed by atoms with van der Waals surface area (Å²) in [7, 11) is 0. The summed E-state index contributed by atoms with van der Waals surface area (Å²) < 4.78 is 18.8. The predicted octanol–water partition coefficient (Wildman–Crippen LogP) is 1.59. The van der Waals surface area contributed by atoms with E-state index in [4.69, 9.17) is 4.74 Å². The van der Waals surface area contributed by atoms with Crippen LogP contribution < -0.4 is 5.32 Å². The highest BCUT2D eigenvalue weighted by Gasteiger charge is 2.31. The zero-order valence-corrected chi connectivity index (χ0v) is 11.6. The van der Waals surface area contributed by atoms with Gasteiger partial charge in [0.1, 0.15) is 5.82 Å². The molecule has 0 aromatic heterocycles. The molecule has 1 aromatic rings. The van der Waals surface area contributed by atoms with Gasteiger partial charge in [-0.05, 0) is 18.6 Å². The van der Waals surface area contributed by atoms with Crippen molar-refractivity contribution in [3.05, 3.63) is 35.6 Å². The minimum Gasteiger partial charge on any atom is -0.388 e. The molecule has 1 atom stereocenters. The summed E-state index contributed by atoms with van der Waals surface area (Å²) in [5.74, 6) is -1.26. The molecular weight excluding hydrogens is 261 g/mol. The number of ether oxygens (including phenoxy) is 1. The SMILES string of the molecule is CC(C(=O)NCC1(O)CCOCC1)c1ccccc1F. The Morgan fingerprint density at radius 2 is 2.10 bits per heavy atom. The Morgan fingerprint density at radius 1 is 1.45 bits per heavy atom. The molecule has 1 fully saturated rings. The van der Waals surface area contributed by atoms with Crippen molar-refractivity contribution < 1.29 is 19.0 Å². The normalized spacial score (nSPS) is 19.4. The molecule has 1 heterocycles. The number of halogens is 1. The summed E-state index contributed by atoms with van der Waals surface area (Å²) in [6, 6.07) is 6.23. The molecule has 1 amide bonds. The van der Waals surface area contributed by atoms with Crippen molar-refractivity contribution in [2.24, 2.45) is 0 Å². The molecule has 1 aliphatic rings. The maximum absolute atomic E-state index is 13.6. The van der Waals surface area contributed by atoms with Crippen LogP contribution in [0.5, 0.6) is 0 Å². The molecule has 20 heavy (non-hydrogen) atoms. The van der Waals surface area contributed by atoms with Crippen LogP contribution in [-0.4, -0.2) is 36.4 Å². The van der Waals surface area contributed by atoms with E-state index in [9.17, 15) is 14.3 Å². The molecule has 4 nitrogen and oxygen atoms in total. The number of aliphatic hydroxyl groups is 1. The van der Waals surface area contributed by atoms with E-state index in [1.807, 2.05) is 0 Å². The van der Waals surface area contributed by atoms with Crippen LogP contribution in [0.25, 0.3) is 0 Å². The van der Waals surface area contributed by atoms with Crippen LogP contribution in [0.1, 0.15) is 31.2 Å². The lowest BCUT2D eigenvalue weighted by Gasteiger charge is -2.32. The van der Waals surface area contributed by atoms with Gasteiger partial charge in [0.05, 0.1) is 11.5 Å². The van der Waals surface area contributed by atoms with Crippen molar-refractivity contribution in [2.45, 2.75) is 31.3 Å². The minimum absolute atomic E-state index is 0.175. The molecule has 1 unspecified atom stereocenters. The van der Waals surface area contributed by atoms with Crippen LogP contribution in [0.4, 0.5) is 4.39 Å². The molecule has 1 saturated heterocycles. The maximum atomic E-state index is 13.6. The molecule has 1 aliphatic heterocycles. The number of amides is 1. The summed E-state index contributed by atoms with van der Waals surface area (Å²) in [6.45, 7) is 2.82. The average Bonchev–Trinajstić information content (AvgIpc) is 2.45. The smallest absolute Gasteiger partial charge is 0.227 e. The largest absolute Gasteiger partial charge is 0.388 e. The van der Waals surface area contributed by atoms with Gasteiger partial charge in [-0.15, -0.1) is 0 Å². The second-order valence-electron chi connectivity index (χ2n) is 5.30. The first kappa shape index (κ1) is 14.9. The van der Waals surface area contributed by atoms with Gasteiger partial charge >= 0.3 is 0 Å². The van der Waals surface area contributed by atoms with E-state index in [0.717, 1.165) is 0 Å². The standard InChI is InChI=1S/C15H20FNO3/c1-11(12-4-2-3-5-13(12)16)14(18)17-10-15(19)6-8-20-9-7-15/h2-5,11,19H,6-10H2,1H3,(H,17,18). The Hall–Kier alpha value is -1.46.